The minimum atomic E-state index is -0.902. The summed E-state index contributed by atoms with van der Waals surface area (Å²) in [6.07, 6.45) is 4.61. The Kier molecular flexibility index (Phi) is 15.7. The number of hydrogen-bond acceptors (Lipinski definition) is 10. The summed E-state index contributed by atoms with van der Waals surface area (Å²) in [4.78, 5) is 41.5. The van der Waals surface area contributed by atoms with Gasteiger partial charge in [-0.2, -0.15) is 0 Å². The molecule has 324 valence electrons. The Balaban J connectivity index is 0.910. The first-order valence-electron chi connectivity index (χ1n) is 21.4. The Morgan fingerprint density at radius 3 is 2.30 bits per heavy atom. The highest BCUT2D eigenvalue weighted by Gasteiger charge is 2.27. The van der Waals surface area contributed by atoms with E-state index < -0.39 is 12.0 Å². The smallest absolute Gasteiger partial charge is 0.317 e. The number of carbonyl (C=O) groups is 3. The van der Waals surface area contributed by atoms with Crippen LogP contribution in [0.5, 0.6) is 5.75 Å². The highest BCUT2D eigenvalue weighted by molar-refractivity contribution is 7.13. The number of benzene rings is 5. The zero-order chi connectivity index (χ0) is 44.0. The van der Waals surface area contributed by atoms with Gasteiger partial charge in [-0.25, -0.2) is 0 Å². The second kappa shape index (κ2) is 22.1. The van der Waals surface area contributed by atoms with E-state index in [-0.39, 0.29) is 24.2 Å². The molecule has 1 aliphatic rings. The Morgan fingerprint density at radius 1 is 0.841 bits per heavy atom. The number of ether oxygens (including phenoxy) is 1. The Hall–Kier alpha value is -6.37. The number of phenolic OH excluding ortho intramolecular Hbond substituents is 1. The summed E-state index contributed by atoms with van der Waals surface area (Å²) in [6.45, 7) is 4.37. The Bertz CT molecular complexity index is 2460. The molecule has 2 unspecified atom stereocenters. The standard InChI is InChI=1S/C52H54N4O6S/c1-53-50-45(16-9-27-57)44(21-22-46(50)58)47(59)32-54-30-36-17-19-41(20-18-36)51(60)55-31-39-28-48(63-35-39)42-14-8-15-43(29-42)49(40-12-6-3-7-13-40)52(61)62-34-38-23-25-56(26-24-38)33-37-10-4-2-5-11-37/h2-22,27-29,35,38,47,49,53-54,58-59H,23-26,30-34H2,1H3,(H,55,60)/b16-9-. The molecule has 6 aromatic rings. The van der Waals surface area contributed by atoms with Gasteiger partial charge in [-0.15, -0.1) is 11.3 Å². The first-order chi connectivity index (χ1) is 30.8. The molecule has 0 radical (unpaired) electrons. The Morgan fingerprint density at radius 2 is 1.57 bits per heavy atom. The van der Waals surface area contributed by atoms with Crippen LogP contribution >= 0.6 is 11.3 Å². The molecule has 0 aliphatic carbocycles. The molecular formula is C52H54N4O6S. The number of allylic oxidation sites excluding steroid dienone is 1. The molecule has 7 rings (SSSR count). The number of carbonyl (C=O) groups excluding carboxylic acids is 3. The molecule has 5 N–H and O–H groups in total. The predicted molar refractivity (Wildman–Crippen MR) is 250 cm³/mol. The molecule has 1 fully saturated rings. The van der Waals surface area contributed by atoms with Crippen molar-refractivity contribution in [2.75, 3.05) is 38.6 Å². The summed E-state index contributed by atoms with van der Waals surface area (Å²) in [7, 11) is 1.66. The summed E-state index contributed by atoms with van der Waals surface area (Å²) in [5, 5.41) is 32.4. The zero-order valence-corrected chi connectivity index (χ0v) is 36.2. The number of rotatable bonds is 19. The van der Waals surface area contributed by atoms with Crippen LogP contribution in [0.4, 0.5) is 5.69 Å². The molecule has 0 saturated carbocycles. The summed E-state index contributed by atoms with van der Waals surface area (Å²) in [6, 6.07) is 41.0. The second-order valence-corrected chi connectivity index (χ2v) is 16.8. The maximum absolute atomic E-state index is 13.9. The van der Waals surface area contributed by atoms with E-state index in [1.807, 2.05) is 72.1 Å². The minimum Gasteiger partial charge on any atom is -0.506 e. The minimum absolute atomic E-state index is 0.0170. The third-order valence-corrected chi connectivity index (χ3v) is 12.5. The normalized spacial score (nSPS) is 14.3. The lowest BCUT2D eigenvalue weighted by Gasteiger charge is -2.32. The average molecular weight is 863 g/mol. The first kappa shape index (κ1) is 44.7. The van der Waals surface area contributed by atoms with Crippen LogP contribution in [0.1, 0.15) is 74.2 Å². The van der Waals surface area contributed by atoms with Gasteiger partial charge in [-0.05, 0) is 119 Å². The fraction of sp³-hybridized carbons (Fsp3) is 0.250. The molecule has 1 saturated heterocycles. The van der Waals surface area contributed by atoms with Crippen molar-refractivity contribution in [3.63, 3.8) is 0 Å². The number of likely N-dealkylation sites (tertiary alicyclic amines) is 1. The summed E-state index contributed by atoms with van der Waals surface area (Å²) < 4.78 is 6.09. The molecule has 2 heterocycles. The average Bonchev–Trinajstić information content (AvgIpc) is 3.80. The molecule has 10 nitrogen and oxygen atoms in total. The van der Waals surface area contributed by atoms with E-state index in [1.165, 1.54) is 17.7 Å². The largest absolute Gasteiger partial charge is 0.506 e. The van der Waals surface area contributed by atoms with Crippen LogP contribution in [0.15, 0.2) is 139 Å². The highest BCUT2D eigenvalue weighted by atomic mass is 32.1. The number of aldehydes is 1. The number of piperidine rings is 1. The van der Waals surface area contributed by atoms with Gasteiger partial charge in [0.25, 0.3) is 5.91 Å². The number of esters is 1. The maximum atomic E-state index is 13.9. The van der Waals surface area contributed by atoms with E-state index in [4.69, 9.17) is 4.74 Å². The maximum Gasteiger partial charge on any atom is 0.317 e. The summed E-state index contributed by atoms with van der Waals surface area (Å²) in [5.41, 5.74) is 8.04. The van der Waals surface area contributed by atoms with Crippen LogP contribution in [-0.2, 0) is 34.0 Å². The van der Waals surface area contributed by atoms with Crippen molar-refractivity contribution in [3.8, 4) is 16.2 Å². The van der Waals surface area contributed by atoms with Gasteiger partial charge in [0, 0.05) is 49.2 Å². The van der Waals surface area contributed by atoms with Crippen LogP contribution in [0.3, 0.4) is 0 Å². The summed E-state index contributed by atoms with van der Waals surface area (Å²) in [5.74, 6) is -0.632. The van der Waals surface area contributed by atoms with Crippen molar-refractivity contribution in [3.05, 3.63) is 183 Å². The number of nitrogens with one attached hydrogen (secondary N) is 3. The fourth-order valence-electron chi connectivity index (χ4n) is 8.05. The Labute approximate surface area is 373 Å². The molecule has 1 aromatic heterocycles. The predicted octanol–water partition coefficient (Wildman–Crippen LogP) is 8.72. The number of thiophene rings is 1. The second-order valence-electron chi connectivity index (χ2n) is 15.9. The van der Waals surface area contributed by atoms with Crippen LogP contribution < -0.4 is 16.0 Å². The van der Waals surface area contributed by atoms with Gasteiger partial charge in [-0.1, -0.05) is 97.1 Å². The summed E-state index contributed by atoms with van der Waals surface area (Å²) >= 11 is 1.59. The van der Waals surface area contributed by atoms with Crippen molar-refractivity contribution >= 4 is 41.3 Å². The van der Waals surface area contributed by atoms with E-state index >= 15 is 0 Å². The fourth-order valence-corrected chi connectivity index (χ4v) is 8.96. The number of phenols is 1. The molecule has 63 heavy (non-hydrogen) atoms. The van der Waals surface area contributed by atoms with Gasteiger partial charge in [0.2, 0.25) is 0 Å². The molecular weight excluding hydrogens is 809 g/mol. The quantitative estimate of drug-likeness (QED) is 0.0234. The number of amides is 1. The third-order valence-electron chi connectivity index (χ3n) is 11.5. The van der Waals surface area contributed by atoms with E-state index in [0.29, 0.717) is 54.3 Å². The number of aliphatic hydroxyl groups is 1. The van der Waals surface area contributed by atoms with Crippen LogP contribution in [-0.4, -0.2) is 66.6 Å². The lowest BCUT2D eigenvalue weighted by molar-refractivity contribution is -0.146. The first-order valence-corrected chi connectivity index (χ1v) is 22.2. The molecule has 0 bridgehead atoms. The lowest BCUT2D eigenvalue weighted by Crippen LogP contribution is -2.35. The SMILES string of the molecule is CNc1c(O)ccc(C(O)CNCc2ccc(C(=O)NCc3csc(-c4cccc(C(C(=O)OCC5CCN(Cc6ccccc6)CC5)c5ccccc5)c4)c3)cc2)c1/C=C\C=O. The van der Waals surface area contributed by atoms with Crippen LogP contribution in [0.25, 0.3) is 16.5 Å². The van der Waals surface area contributed by atoms with Crippen molar-refractivity contribution in [2.24, 2.45) is 5.92 Å². The van der Waals surface area contributed by atoms with Gasteiger partial charge in [-0.3, -0.25) is 19.3 Å². The van der Waals surface area contributed by atoms with E-state index in [1.54, 1.807) is 42.7 Å². The molecule has 1 aliphatic heterocycles. The molecule has 1 amide bonds. The van der Waals surface area contributed by atoms with Gasteiger partial charge in [0.05, 0.1) is 18.4 Å². The van der Waals surface area contributed by atoms with E-state index in [2.05, 4.69) is 57.2 Å². The molecule has 0 spiro atoms. The lowest BCUT2D eigenvalue weighted by atomic mass is 9.90. The molecule has 11 heteroatoms. The highest BCUT2D eigenvalue weighted by Crippen LogP contribution is 2.35. The van der Waals surface area contributed by atoms with Gasteiger partial charge in [0.15, 0.2) is 0 Å². The molecule has 2 atom stereocenters. The number of anilines is 1. The number of hydrogen-bond donors (Lipinski definition) is 5. The zero-order valence-electron chi connectivity index (χ0n) is 35.4. The topological polar surface area (TPSA) is 140 Å². The van der Waals surface area contributed by atoms with Gasteiger partial charge in [0.1, 0.15) is 18.0 Å². The van der Waals surface area contributed by atoms with Crippen LogP contribution in [0.2, 0.25) is 0 Å². The molecule has 5 aromatic carbocycles. The van der Waals surface area contributed by atoms with Crippen LogP contribution in [0, 0.1) is 5.92 Å². The monoisotopic (exact) mass is 862 g/mol. The number of nitrogens with zero attached hydrogens (tertiary/aromatic N) is 1. The number of aliphatic hydroxyl groups excluding tert-OH is 1. The van der Waals surface area contributed by atoms with Crippen molar-refractivity contribution in [1.82, 2.24) is 15.5 Å². The van der Waals surface area contributed by atoms with Gasteiger partial charge >= 0.3 is 5.97 Å². The van der Waals surface area contributed by atoms with E-state index in [0.717, 1.165) is 65.2 Å². The van der Waals surface area contributed by atoms with Gasteiger partial charge < -0.3 is 30.9 Å². The third kappa shape index (κ3) is 12.0. The van der Waals surface area contributed by atoms with Crippen molar-refractivity contribution in [1.29, 1.82) is 0 Å². The van der Waals surface area contributed by atoms with Crippen molar-refractivity contribution in [2.45, 2.75) is 44.5 Å². The van der Waals surface area contributed by atoms with Crippen molar-refractivity contribution < 1.29 is 29.3 Å². The number of aromatic hydroxyl groups is 1. The van der Waals surface area contributed by atoms with E-state index in [9.17, 15) is 24.6 Å².